The summed E-state index contributed by atoms with van der Waals surface area (Å²) in [7, 11) is 3.82. The molecule has 0 aliphatic carbocycles. The van der Waals surface area contributed by atoms with E-state index >= 15 is 0 Å². The summed E-state index contributed by atoms with van der Waals surface area (Å²) >= 11 is 0. The van der Waals surface area contributed by atoms with E-state index in [2.05, 4.69) is 15.6 Å². The maximum Gasteiger partial charge on any atom is 0.319 e. The van der Waals surface area contributed by atoms with Gasteiger partial charge in [-0.05, 0) is 31.0 Å². The number of anilines is 2. The maximum absolute atomic E-state index is 12.1. The predicted octanol–water partition coefficient (Wildman–Crippen LogP) is 2.82. The summed E-state index contributed by atoms with van der Waals surface area (Å²) in [4.78, 5) is 18.3. The van der Waals surface area contributed by atoms with Gasteiger partial charge in [0.15, 0.2) is 0 Å². The second-order valence-corrected chi connectivity index (χ2v) is 6.33. The number of rotatable bonds is 7. The van der Waals surface area contributed by atoms with E-state index in [0.29, 0.717) is 18.7 Å². The van der Waals surface area contributed by atoms with Crippen LogP contribution in [0.2, 0.25) is 0 Å². The number of aliphatic hydroxyl groups is 1. The molecule has 6 nitrogen and oxygen atoms in total. The number of benzene rings is 1. The van der Waals surface area contributed by atoms with Gasteiger partial charge >= 0.3 is 6.03 Å². The van der Waals surface area contributed by atoms with Crippen LogP contribution >= 0.6 is 0 Å². The lowest BCUT2D eigenvalue weighted by Gasteiger charge is -2.20. The van der Waals surface area contributed by atoms with Crippen molar-refractivity contribution in [1.29, 1.82) is 0 Å². The summed E-state index contributed by atoms with van der Waals surface area (Å²) in [5.74, 6) is 0.883. The van der Waals surface area contributed by atoms with Crippen LogP contribution in [-0.2, 0) is 0 Å². The van der Waals surface area contributed by atoms with Crippen LogP contribution in [0.1, 0.15) is 24.8 Å². The Morgan fingerprint density at radius 2 is 1.92 bits per heavy atom. The Kier molecular flexibility index (Phi) is 6.77. The third-order valence-electron chi connectivity index (χ3n) is 3.87. The molecule has 0 bridgehead atoms. The van der Waals surface area contributed by atoms with Crippen LogP contribution in [0.5, 0.6) is 0 Å². The Hall–Kier alpha value is -2.60. The number of nitrogens with one attached hydrogen (secondary N) is 2. The molecule has 134 valence electrons. The van der Waals surface area contributed by atoms with Crippen molar-refractivity contribution >= 4 is 17.5 Å². The van der Waals surface area contributed by atoms with E-state index in [9.17, 15) is 9.90 Å². The average Bonchev–Trinajstić information content (AvgIpc) is 2.59. The van der Waals surface area contributed by atoms with E-state index in [0.717, 1.165) is 11.4 Å². The number of amides is 2. The summed E-state index contributed by atoms with van der Waals surface area (Å²) in [5.41, 5.74) is 1.73. The molecule has 0 aliphatic rings. The number of hydrogen-bond acceptors (Lipinski definition) is 4. The molecule has 2 amide bonds. The first kappa shape index (κ1) is 18.7. The molecule has 0 saturated heterocycles. The van der Waals surface area contributed by atoms with Crippen molar-refractivity contribution in [1.82, 2.24) is 10.3 Å². The third-order valence-corrected chi connectivity index (χ3v) is 3.87. The van der Waals surface area contributed by atoms with Crippen LogP contribution in [0.15, 0.2) is 48.7 Å². The molecule has 0 fully saturated rings. The van der Waals surface area contributed by atoms with Crippen LogP contribution in [0.3, 0.4) is 0 Å². The molecule has 2 atom stereocenters. The maximum atomic E-state index is 12.1. The lowest BCUT2D eigenvalue weighted by molar-refractivity contribution is 0.173. The van der Waals surface area contributed by atoms with Crippen LogP contribution < -0.4 is 15.5 Å². The minimum absolute atomic E-state index is 0.0567. The Morgan fingerprint density at radius 1 is 1.20 bits per heavy atom. The Balaban J connectivity index is 1.92. The van der Waals surface area contributed by atoms with Crippen molar-refractivity contribution in [3.63, 3.8) is 0 Å². The van der Waals surface area contributed by atoms with Gasteiger partial charge in [-0.3, -0.25) is 0 Å². The molecule has 2 rings (SSSR count). The molecule has 0 radical (unpaired) electrons. The minimum atomic E-state index is -0.433. The first-order chi connectivity index (χ1) is 12.0. The standard InChI is InChI=1S/C19H26N4O2/c1-14(24)11-16(15-7-5-4-6-8-15)12-21-19(25)22-17-9-10-18(20-13-17)23(2)3/h4-10,13-14,16,24H,11-12H2,1-3H3,(H2,21,22,25). The van der Waals surface area contributed by atoms with E-state index in [-0.39, 0.29) is 11.9 Å². The molecule has 0 saturated carbocycles. The second kappa shape index (κ2) is 9.03. The number of hydrogen-bond donors (Lipinski definition) is 3. The number of nitrogens with zero attached hydrogens (tertiary/aromatic N) is 2. The number of carbonyl (C=O) groups excluding carboxylic acids is 1. The van der Waals surface area contributed by atoms with Crippen molar-refractivity contribution in [3.8, 4) is 0 Å². The molecule has 3 N–H and O–H groups in total. The summed E-state index contributed by atoms with van der Waals surface area (Å²) < 4.78 is 0. The molecule has 0 aliphatic heterocycles. The molecule has 1 aromatic carbocycles. The van der Waals surface area contributed by atoms with E-state index < -0.39 is 6.10 Å². The molecular formula is C19H26N4O2. The largest absolute Gasteiger partial charge is 0.393 e. The van der Waals surface area contributed by atoms with Crippen molar-refractivity contribution in [2.75, 3.05) is 30.9 Å². The van der Waals surface area contributed by atoms with Gasteiger partial charge < -0.3 is 20.6 Å². The number of carbonyl (C=O) groups is 1. The summed E-state index contributed by atoms with van der Waals surface area (Å²) in [6.07, 6.45) is 1.78. The normalized spacial score (nSPS) is 13.0. The quantitative estimate of drug-likeness (QED) is 0.723. The highest BCUT2D eigenvalue weighted by molar-refractivity contribution is 5.89. The molecule has 2 aromatic rings. The van der Waals surface area contributed by atoms with Crippen LogP contribution in [0.4, 0.5) is 16.3 Å². The van der Waals surface area contributed by atoms with Crippen LogP contribution in [-0.4, -0.2) is 42.9 Å². The monoisotopic (exact) mass is 342 g/mol. The smallest absolute Gasteiger partial charge is 0.319 e. The first-order valence-electron chi connectivity index (χ1n) is 8.37. The summed E-state index contributed by atoms with van der Waals surface area (Å²) in [6.45, 7) is 2.21. The summed E-state index contributed by atoms with van der Waals surface area (Å²) in [5, 5.41) is 15.4. The Bertz CT molecular complexity index is 657. The van der Waals surface area contributed by atoms with E-state index in [1.807, 2.05) is 61.5 Å². The van der Waals surface area contributed by atoms with E-state index in [1.165, 1.54) is 0 Å². The summed E-state index contributed by atoms with van der Waals surface area (Å²) in [6, 6.07) is 13.3. The lowest BCUT2D eigenvalue weighted by atomic mass is 9.93. The van der Waals surface area contributed by atoms with Crippen molar-refractivity contribution in [2.24, 2.45) is 0 Å². The fourth-order valence-corrected chi connectivity index (χ4v) is 2.59. The Morgan fingerprint density at radius 3 is 2.48 bits per heavy atom. The fraction of sp³-hybridized carbons (Fsp3) is 0.368. The molecule has 0 spiro atoms. The van der Waals surface area contributed by atoms with E-state index in [1.54, 1.807) is 13.1 Å². The Labute approximate surface area is 148 Å². The molecule has 25 heavy (non-hydrogen) atoms. The predicted molar refractivity (Wildman–Crippen MR) is 101 cm³/mol. The van der Waals surface area contributed by atoms with Crippen molar-refractivity contribution in [3.05, 3.63) is 54.2 Å². The molecule has 6 heteroatoms. The van der Waals surface area contributed by atoms with Crippen LogP contribution in [0.25, 0.3) is 0 Å². The van der Waals surface area contributed by atoms with Crippen molar-refractivity contribution in [2.45, 2.75) is 25.4 Å². The topological polar surface area (TPSA) is 77.5 Å². The zero-order chi connectivity index (χ0) is 18.2. The molecular weight excluding hydrogens is 316 g/mol. The highest BCUT2D eigenvalue weighted by atomic mass is 16.3. The van der Waals surface area contributed by atoms with Gasteiger partial charge in [0.25, 0.3) is 0 Å². The fourth-order valence-electron chi connectivity index (χ4n) is 2.59. The molecule has 2 unspecified atom stereocenters. The van der Waals surface area contributed by atoms with Crippen LogP contribution in [0, 0.1) is 0 Å². The third kappa shape index (κ3) is 6.08. The molecule has 1 heterocycles. The van der Waals surface area contributed by atoms with Gasteiger partial charge in [-0.15, -0.1) is 0 Å². The SMILES string of the molecule is CC(O)CC(CNC(=O)Nc1ccc(N(C)C)nc1)c1ccccc1. The zero-order valence-corrected chi connectivity index (χ0v) is 14.9. The lowest BCUT2D eigenvalue weighted by Crippen LogP contribution is -2.33. The van der Waals surface area contributed by atoms with Gasteiger partial charge in [0, 0.05) is 26.6 Å². The minimum Gasteiger partial charge on any atom is -0.393 e. The van der Waals surface area contributed by atoms with Gasteiger partial charge in [-0.2, -0.15) is 0 Å². The number of pyridine rings is 1. The highest BCUT2D eigenvalue weighted by Crippen LogP contribution is 2.20. The first-order valence-corrected chi connectivity index (χ1v) is 8.37. The zero-order valence-electron chi connectivity index (χ0n) is 14.9. The molecule has 1 aromatic heterocycles. The number of aliphatic hydroxyl groups excluding tert-OH is 1. The van der Waals surface area contributed by atoms with Gasteiger partial charge in [-0.1, -0.05) is 30.3 Å². The average molecular weight is 342 g/mol. The van der Waals surface area contributed by atoms with E-state index in [4.69, 9.17) is 0 Å². The van der Waals surface area contributed by atoms with Gasteiger partial charge in [0.05, 0.1) is 18.0 Å². The van der Waals surface area contributed by atoms with Gasteiger partial charge in [0.1, 0.15) is 5.82 Å². The van der Waals surface area contributed by atoms with Crippen molar-refractivity contribution < 1.29 is 9.90 Å². The number of urea groups is 1. The highest BCUT2D eigenvalue weighted by Gasteiger charge is 2.15. The van der Waals surface area contributed by atoms with Gasteiger partial charge in [0.2, 0.25) is 0 Å². The number of aromatic nitrogens is 1. The van der Waals surface area contributed by atoms with Gasteiger partial charge in [-0.25, -0.2) is 9.78 Å². The second-order valence-electron chi connectivity index (χ2n) is 6.33.